The fourth-order valence-electron chi connectivity index (χ4n) is 1.75. The predicted octanol–water partition coefficient (Wildman–Crippen LogP) is 0.392. The van der Waals surface area contributed by atoms with Crippen LogP contribution in [0.4, 0.5) is 5.82 Å². The Hall–Kier alpha value is -1.59. The van der Waals surface area contributed by atoms with Crippen LogP contribution in [0, 0.1) is 0 Å². The average molecular weight is 220 g/mol. The number of aromatic nitrogens is 2. The zero-order valence-electron chi connectivity index (χ0n) is 9.46. The molecule has 86 valence electrons. The molecule has 0 spiro atoms. The van der Waals surface area contributed by atoms with Crippen molar-refractivity contribution < 1.29 is 5.11 Å². The Morgan fingerprint density at radius 3 is 2.88 bits per heavy atom. The zero-order chi connectivity index (χ0) is 11.7. The molecule has 0 aliphatic heterocycles. The molecule has 0 aliphatic rings. The van der Waals surface area contributed by atoms with Crippen LogP contribution in [0.15, 0.2) is 24.4 Å². The molecule has 0 amide bonds. The van der Waals surface area contributed by atoms with Gasteiger partial charge in [0.05, 0.1) is 24.5 Å². The summed E-state index contributed by atoms with van der Waals surface area (Å²) < 4.78 is 1.96. The molecule has 0 bridgehead atoms. The highest BCUT2D eigenvalue weighted by Crippen LogP contribution is 2.20. The summed E-state index contributed by atoms with van der Waals surface area (Å²) in [6.07, 6.45) is 1.71. The summed E-state index contributed by atoms with van der Waals surface area (Å²) in [5.41, 5.74) is 7.50. The van der Waals surface area contributed by atoms with E-state index in [0.29, 0.717) is 0 Å². The van der Waals surface area contributed by atoms with E-state index in [9.17, 15) is 0 Å². The van der Waals surface area contributed by atoms with Crippen LogP contribution in [0.1, 0.15) is 11.7 Å². The van der Waals surface area contributed by atoms with Crippen LogP contribution in [0.25, 0.3) is 5.65 Å². The number of hydrogen-bond donors (Lipinski definition) is 2. The van der Waals surface area contributed by atoms with Crippen molar-refractivity contribution in [1.82, 2.24) is 9.38 Å². The first-order valence-corrected chi connectivity index (χ1v) is 5.15. The number of nitrogens with two attached hydrogens (primary N) is 1. The van der Waals surface area contributed by atoms with Crippen molar-refractivity contribution in [2.75, 3.05) is 25.6 Å². The number of aliphatic hydroxyl groups is 1. The first-order valence-electron chi connectivity index (χ1n) is 5.15. The number of imidazole rings is 1. The Balaban J connectivity index is 2.67. The van der Waals surface area contributed by atoms with Crippen molar-refractivity contribution in [3.05, 3.63) is 30.1 Å². The molecular formula is C11H16N4O. The Labute approximate surface area is 94.1 Å². The summed E-state index contributed by atoms with van der Waals surface area (Å²) in [5.74, 6) is 0.994. The van der Waals surface area contributed by atoms with Crippen LogP contribution in [-0.2, 0) is 0 Å². The van der Waals surface area contributed by atoms with Gasteiger partial charge in [-0.3, -0.25) is 4.40 Å². The number of pyridine rings is 1. The maximum atomic E-state index is 9.12. The van der Waals surface area contributed by atoms with Gasteiger partial charge in [0.15, 0.2) is 0 Å². The highest BCUT2D eigenvalue weighted by molar-refractivity contribution is 5.53. The van der Waals surface area contributed by atoms with Crippen molar-refractivity contribution in [2.24, 2.45) is 5.73 Å². The SMILES string of the molecule is CN(C)c1cccc2ncc(C(N)CO)n12. The minimum atomic E-state index is -0.406. The van der Waals surface area contributed by atoms with Gasteiger partial charge in [0, 0.05) is 14.1 Å². The van der Waals surface area contributed by atoms with E-state index in [1.165, 1.54) is 0 Å². The highest BCUT2D eigenvalue weighted by atomic mass is 16.3. The smallest absolute Gasteiger partial charge is 0.138 e. The second-order valence-corrected chi connectivity index (χ2v) is 3.94. The molecule has 2 rings (SSSR count). The van der Waals surface area contributed by atoms with Crippen molar-refractivity contribution in [2.45, 2.75) is 6.04 Å². The average Bonchev–Trinajstić information content (AvgIpc) is 2.71. The Morgan fingerprint density at radius 1 is 1.50 bits per heavy atom. The van der Waals surface area contributed by atoms with Crippen molar-refractivity contribution in [1.29, 1.82) is 0 Å². The second kappa shape index (κ2) is 4.11. The first kappa shape index (κ1) is 10.9. The normalized spacial score (nSPS) is 13.0. The van der Waals surface area contributed by atoms with Gasteiger partial charge < -0.3 is 15.7 Å². The highest BCUT2D eigenvalue weighted by Gasteiger charge is 2.13. The van der Waals surface area contributed by atoms with Crippen molar-refractivity contribution >= 4 is 11.5 Å². The Bertz CT molecular complexity index is 492. The van der Waals surface area contributed by atoms with E-state index >= 15 is 0 Å². The maximum absolute atomic E-state index is 9.12. The van der Waals surface area contributed by atoms with Gasteiger partial charge in [0.1, 0.15) is 11.5 Å². The van der Waals surface area contributed by atoms with Gasteiger partial charge in [-0.1, -0.05) is 6.07 Å². The van der Waals surface area contributed by atoms with Gasteiger partial charge in [-0.05, 0) is 12.1 Å². The maximum Gasteiger partial charge on any atom is 0.138 e. The molecule has 0 aromatic carbocycles. The van der Waals surface area contributed by atoms with Crippen molar-refractivity contribution in [3.8, 4) is 0 Å². The summed E-state index contributed by atoms with van der Waals surface area (Å²) in [5, 5.41) is 9.12. The third kappa shape index (κ3) is 1.64. The molecule has 2 aromatic rings. The summed E-state index contributed by atoms with van der Waals surface area (Å²) in [6.45, 7) is -0.0877. The van der Waals surface area contributed by atoms with E-state index < -0.39 is 6.04 Å². The van der Waals surface area contributed by atoms with Crippen LogP contribution < -0.4 is 10.6 Å². The molecule has 0 saturated heterocycles. The molecule has 0 fully saturated rings. The molecule has 0 radical (unpaired) electrons. The van der Waals surface area contributed by atoms with Gasteiger partial charge in [0.2, 0.25) is 0 Å². The molecule has 0 saturated carbocycles. The third-order valence-electron chi connectivity index (χ3n) is 2.57. The fraction of sp³-hybridized carbons (Fsp3) is 0.364. The van der Waals surface area contributed by atoms with E-state index in [1.54, 1.807) is 6.20 Å². The van der Waals surface area contributed by atoms with Gasteiger partial charge in [0.25, 0.3) is 0 Å². The molecule has 1 atom stereocenters. The summed E-state index contributed by atoms with van der Waals surface area (Å²) >= 11 is 0. The number of aliphatic hydroxyl groups excluding tert-OH is 1. The minimum Gasteiger partial charge on any atom is -0.394 e. The molecule has 16 heavy (non-hydrogen) atoms. The summed E-state index contributed by atoms with van der Waals surface area (Å²) in [6, 6.07) is 5.45. The number of hydrogen-bond acceptors (Lipinski definition) is 4. The quantitative estimate of drug-likeness (QED) is 0.785. The van der Waals surface area contributed by atoms with Gasteiger partial charge in [-0.15, -0.1) is 0 Å². The van der Waals surface area contributed by atoms with Crippen molar-refractivity contribution in [3.63, 3.8) is 0 Å². The first-order chi connectivity index (χ1) is 7.65. The Kier molecular flexibility index (Phi) is 2.80. The lowest BCUT2D eigenvalue weighted by molar-refractivity contribution is 0.265. The van der Waals surface area contributed by atoms with Crippen LogP contribution in [0.5, 0.6) is 0 Å². The predicted molar refractivity (Wildman–Crippen MR) is 63.5 cm³/mol. The lowest BCUT2D eigenvalue weighted by Crippen LogP contribution is -2.19. The molecular weight excluding hydrogens is 204 g/mol. The number of anilines is 1. The molecule has 3 N–H and O–H groups in total. The van der Waals surface area contributed by atoms with E-state index in [2.05, 4.69) is 4.98 Å². The molecule has 0 aliphatic carbocycles. The molecule has 5 heteroatoms. The summed E-state index contributed by atoms with van der Waals surface area (Å²) in [7, 11) is 3.92. The van der Waals surface area contributed by atoms with E-state index in [4.69, 9.17) is 10.8 Å². The summed E-state index contributed by atoms with van der Waals surface area (Å²) in [4.78, 5) is 6.26. The molecule has 2 aromatic heterocycles. The fourth-order valence-corrected chi connectivity index (χ4v) is 1.75. The van der Waals surface area contributed by atoms with Gasteiger partial charge >= 0.3 is 0 Å². The van der Waals surface area contributed by atoms with Crippen LogP contribution in [0.2, 0.25) is 0 Å². The second-order valence-electron chi connectivity index (χ2n) is 3.94. The zero-order valence-corrected chi connectivity index (χ0v) is 9.46. The van der Waals surface area contributed by atoms with E-state index in [-0.39, 0.29) is 6.61 Å². The van der Waals surface area contributed by atoms with E-state index in [0.717, 1.165) is 17.2 Å². The molecule has 5 nitrogen and oxygen atoms in total. The molecule has 2 heterocycles. The standard InChI is InChI=1S/C11H16N4O/c1-14(2)11-5-3-4-10-13-6-9(15(10)11)8(12)7-16/h3-6,8,16H,7,12H2,1-2H3. The molecule has 1 unspecified atom stereocenters. The topological polar surface area (TPSA) is 66.8 Å². The lowest BCUT2D eigenvalue weighted by atomic mass is 10.2. The third-order valence-corrected chi connectivity index (χ3v) is 2.57. The number of rotatable bonds is 3. The largest absolute Gasteiger partial charge is 0.394 e. The monoisotopic (exact) mass is 220 g/mol. The van der Waals surface area contributed by atoms with E-state index in [1.807, 2.05) is 41.6 Å². The van der Waals surface area contributed by atoms with Crippen LogP contribution in [0.3, 0.4) is 0 Å². The number of fused-ring (bicyclic) bond motifs is 1. The van der Waals surface area contributed by atoms with Gasteiger partial charge in [-0.25, -0.2) is 4.98 Å². The van der Waals surface area contributed by atoms with Crippen LogP contribution >= 0.6 is 0 Å². The minimum absolute atomic E-state index is 0.0877. The lowest BCUT2D eigenvalue weighted by Gasteiger charge is -2.17. The number of nitrogens with zero attached hydrogens (tertiary/aromatic N) is 3. The Morgan fingerprint density at radius 2 is 2.25 bits per heavy atom. The van der Waals surface area contributed by atoms with Gasteiger partial charge in [-0.2, -0.15) is 0 Å². The van der Waals surface area contributed by atoms with Crippen LogP contribution in [-0.4, -0.2) is 35.2 Å².